The van der Waals surface area contributed by atoms with Crippen molar-refractivity contribution in [1.82, 2.24) is 9.97 Å². The number of alkyl halides is 3. The van der Waals surface area contributed by atoms with Crippen molar-refractivity contribution >= 4 is 10.9 Å². The minimum Gasteiger partial charge on any atom is -0.497 e. The zero-order valence-corrected chi connectivity index (χ0v) is 10.2. The molecule has 0 fully saturated rings. The van der Waals surface area contributed by atoms with Crippen molar-refractivity contribution in [3.05, 3.63) is 29.7 Å². The number of aromatic nitrogens is 2. The summed E-state index contributed by atoms with van der Waals surface area (Å²) in [6.45, 7) is 1.69. The third-order valence-electron chi connectivity index (χ3n) is 2.41. The average Bonchev–Trinajstić information content (AvgIpc) is 2.35. The number of benzene rings is 1. The summed E-state index contributed by atoms with van der Waals surface area (Å²) < 4.78 is 41.1. The summed E-state index contributed by atoms with van der Waals surface area (Å²) in [5.74, 6) is 3.48. The molecule has 1 heterocycles. The first-order chi connectivity index (χ1) is 8.89. The van der Waals surface area contributed by atoms with Gasteiger partial charge < -0.3 is 4.74 Å². The van der Waals surface area contributed by atoms with E-state index in [1.807, 2.05) is 5.92 Å². The van der Waals surface area contributed by atoms with Crippen molar-refractivity contribution in [2.75, 3.05) is 7.11 Å². The molecule has 0 N–H and O–H groups in total. The number of ether oxygens (including phenoxy) is 1. The monoisotopic (exact) mass is 266 g/mol. The Balaban J connectivity index is 2.55. The Labute approximate surface area is 107 Å². The Morgan fingerprint density at radius 2 is 1.95 bits per heavy atom. The van der Waals surface area contributed by atoms with Crippen molar-refractivity contribution in [2.45, 2.75) is 13.1 Å². The first-order valence-corrected chi connectivity index (χ1v) is 5.31. The van der Waals surface area contributed by atoms with Crippen LogP contribution in [0.5, 0.6) is 5.75 Å². The number of methoxy groups -OCH3 is 1. The van der Waals surface area contributed by atoms with Gasteiger partial charge in [-0.1, -0.05) is 0 Å². The van der Waals surface area contributed by atoms with Crippen LogP contribution in [0.3, 0.4) is 0 Å². The van der Waals surface area contributed by atoms with E-state index >= 15 is 0 Å². The minimum atomic E-state index is -4.55. The molecule has 0 spiro atoms. The second kappa shape index (κ2) is 4.76. The first kappa shape index (κ1) is 13.1. The zero-order chi connectivity index (χ0) is 14.0. The van der Waals surface area contributed by atoms with Gasteiger partial charge in [-0.2, -0.15) is 13.2 Å². The van der Waals surface area contributed by atoms with Crippen LogP contribution in [-0.2, 0) is 0 Å². The maximum absolute atomic E-state index is 12.0. The molecule has 98 valence electrons. The maximum Gasteiger partial charge on any atom is 0.458 e. The summed E-state index contributed by atoms with van der Waals surface area (Å²) in [6, 6.07) is 5.12. The SMILES string of the molecule is COc1ccc2c(C)nc(C#CC(F)(F)F)nc2c1. The molecule has 0 aliphatic rings. The molecule has 2 aromatic rings. The predicted octanol–water partition coefficient (Wildman–Crippen LogP) is 2.86. The van der Waals surface area contributed by atoms with E-state index < -0.39 is 6.18 Å². The van der Waals surface area contributed by atoms with E-state index in [4.69, 9.17) is 4.74 Å². The summed E-state index contributed by atoms with van der Waals surface area (Å²) in [5.41, 5.74) is 1.07. The molecular weight excluding hydrogens is 257 g/mol. The second-order valence-corrected chi connectivity index (χ2v) is 3.76. The van der Waals surface area contributed by atoms with Gasteiger partial charge in [-0.05, 0) is 25.0 Å². The van der Waals surface area contributed by atoms with E-state index in [1.165, 1.54) is 7.11 Å². The molecule has 0 unspecified atom stereocenters. The predicted molar refractivity (Wildman–Crippen MR) is 63.8 cm³/mol. The standard InChI is InChI=1S/C13H9F3N2O/c1-8-10-4-3-9(19-2)7-11(10)18-12(17-8)5-6-13(14,15)16/h3-4,7H,1-2H3. The molecule has 0 atom stereocenters. The number of hydrogen-bond donors (Lipinski definition) is 0. The molecule has 0 radical (unpaired) electrons. The lowest BCUT2D eigenvalue weighted by molar-refractivity contribution is -0.0696. The van der Waals surface area contributed by atoms with Gasteiger partial charge in [-0.3, -0.25) is 0 Å². The molecule has 1 aromatic heterocycles. The fourth-order valence-electron chi connectivity index (χ4n) is 1.58. The van der Waals surface area contributed by atoms with Gasteiger partial charge in [-0.25, -0.2) is 9.97 Å². The normalized spacial score (nSPS) is 11.0. The zero-order valence-electron chi connectivity index (χ0n) is 10.2. The van der Waals surface area contributed by atoms with Gasteiger partial charge in [0, 0.05) is 23.1 Å². The summed E-state index contributed by atoms with van der Waals surface area (Å²) in [4.78, 5) is 7.92. The van der Waals surface area contributed by atoms with Crippen LogP contribution in [0, 0.1) is 18.8 Å². The summed E-state index contributed by atoms with van der Waals surface area (Å²) >= 11 is 0. The Bertz CT molecular complexity index is 684. The lowest BCUT2D eigenvalue weighted by Crippen LogP contribution is -2.03. The molecule has 6 heteroatoms. The number of nitrogens with zero attached hydrogens (tertiary/aromatic N) is 2. The third kappa shape index (κ3) is 3.13. The van der Waals surface area contributed by atoms with E-state index in [0.717, 1.165) is 11.3 Å². The van der Waals surface area contributed by atoms with Crippen LogP contribution >= 0.6 is 0 Å². The summed E-state index contributed by atoms with van der Waals surface area (Å²) in [6.07, 6.45) is -4.55. The van der Waals surface area contributed by atoms with Gasteiger partial charge in [0.2, 0.25) is 5.82 Å². The largest absolute Gasteiger partial charge is 0.497 e. The van der Waals surface area contributed by atoms with Crippen LogP contribution in [0.2, 0.25) is 0 Å². The molecule has 19 heavy (non-hydrogen) atoms. The minimum absolute atomic E-state index is 0.157. The topological polar surface area (TPSA) is 35.0 Å². The molecule has 0 bridgehead atoms. The molecule has 0 saturated heterocycles. The molecule has 1 aromatic carbocycles. The fourth-order valence-corrected chi connectivity index (χ4v) is 1.58. The highest BCUT2D eigenvalue weighted by molar-refractivity contribution is 5.82. The highest BCUT2D eigenvalue weighted by Gasteiger charge is 2.23. The van der Waals surface area contributed by atoms with Crippen LogP contribution in [0.15, 0.2) is 18.2 Å². The first-order valence-electron chi connectivity index (χ1n) is 5.31. The van der Waals surface area contributed by atoms with Gasteiger partial charge in [0.15, 0.2) is 0 Å². The lowest BCUT2D eigenvalue weighted by atomic mass is 10.2. The number of halogens is 3. The number of hydrogen-bond acceptors (Lipinski definition) is 3. The van der Waals surface area contributed by atoms with Gasteiger partial charge in [0.1, 0.15) is 5.75 Å². The lowest BCUT2D eigenvalue weighted by Gasteiger charge is -2.04. The molecule has 2 rings (SSSR count). The van der Waals surface area contributed by atoms with Crippen molar-refractivity contribution in [2.24, 2.45) is 0 Å². The molecule has 0 saturated carbocycles. The third-order valence-corrected chi connectivity index (χ3v) is 2.41. The summed E-state index contributed by atoms with van der Waals surface area (Å²) in [7, 11) is 1.50. The summed E-state index contributed by atoms with van der Waals surface area (Å²) in [5, 5.41) is 0.748. The van der Waals surface area contributed by atoms with Crippen LogP contribution in [-0.4, -0.2) is 23.3 Å². The van der Waals surface area contributed by atoms with E-state index in [-0.39, 0.29) is 5.82 Å². The number of rotatable bonds is 1. The highest BCUT2D eigenvalue weighted by Crippen LogP contribution is 2.21. The Morgan fingerprint density at radius 1 is 1.21 bits per heavy atom. The van der Waals surface area contributed by atoms with Crippen molar-refractivity contribution in [3.63, 3.8) is 0 Å². The molecule has 3 nitrogen and oxygen atoms in total. The Morgan fingerprint density at radius 3 is 2.58 bits per heavy atom. The average molecular weight is 266 g/mol. The van der Waals surface area contributed by atoms with Crippen LogP contribution in [0.25, 0.3) is 10.9 Å². The van der Waals surface area contributed by atoms with E-state index in [2.05, 4.69) is 9.97 Å². The van der Waals surface area contributed by atoms with Gasteiger partial charge in [0.25, 0.3) is 0 Å². The van der Waals surface area contributed by atoms with Gasteiger partial charge in [0.05, 0.1) is 12.6 Å². The molecular formula is C13H9F3N2O. The van der Waals surface area contributed by atoms with Crippen molar-refractivity contribution < 1.29 is 17.9 Å². The van der Waals surface area contributed by atoms with Gasteiger partial charge >= 0.3 is 6.18 Å². The van der Waals surface area contributed by atoms with Crippen molar-refractivity contribution in [1.29, 1.82) is 0 Å². The van der Waals surface area contributed by atoms with Crippen LogP contribution in [0.4, 0.5) is 13.2 Å². The smallest absolute Gasteiger partial charge is 0.458 e. The van der Waals surface area contributed by atoms with Crippen LogP contribution < -0.4 is 4.74 Å². The quantitative estimate of drug-likeness (QED) is 0.744. The fraction of sp³-hybridized carbons (Fsp3) is 0.231. The highest BCUT2D eigenvalue weighted by atomic mass is 19.4. The van der Waals surface area contributed by atoms with E-state index in [9.17, 15) is 13.2 Å². The van der Waals surface area contributed by atoms with E-state index in [1.54, 1.807) is 25.1 Å². The maximum atomic E-state index is 12.0. The Kier molecular flexibility index (Phi) is 3.30. The van der Waals surface area contributed by atoms with E-state index in [0.29, 0.717) is 17.0 Å². The molecule has 0 aliphatic heterocycles. The number of aryl methyl sites for hydroxylation is 1. The number of fused-ring (bicyclic) bond motifs is 1. The molecule has 0 aliphatic carbocycles. The van der Waals surface area contributed by atoms with Crippen molar-refractivity contribution in [3.8, 4) is 17.6 Å². The van der Waals surface area contributed by atoms with Gasteiger partial charge in [-0.15, -0.1) is 0 Å². The molecule has 0 amide bonds. The second-order valence-electron chi connectivity index (χ2n) is 3.76. The Hall–Kier alpha value is -2.29. The van der Waals surface area contributed by atoms with Crippen LogP contribution in [0.1, 0.15) is 11.5 Å².